The molecule has 1 aromatic carbocycles. The number of sulfonamides is 1. The average molecular weight is 420 g/mol. The molecular weight excluding hydrogens is 396 g/mol. The van der Waals surface area contributed by atoms with Crippen molar-refractivity contribution in [2.24, 2.45) is 0 Å². The highest BCUT2D eigenvalue weighted by molar-refractivity contribution is 7.89. The van der Waals surface area contributed by atoms with Crippen LogP contribution < -0.4 is 10.6 Å². The number of nitrogens with zero attached hydrogens (tertiary/aromatic N) is 2. The van der Waals surface area contributed by atoms with Crippen molar-refractivity contribution in [2.45, 2.75) is 18.4 Å². The molecular formula is C19H24N4O5S. The van der Waals surface area contributed by atoms with E-state index in [-0.39, 0.29) is 31.1 Å². The molecule has 2 heterocycles. The first kappa shape index (κ1) is 21.0. The van der Waals surface area contributed by atoms with Crippen LogP contribution in [-0.2, 0) is 21.4 Å². The van der Waals surface area contributed by atoms with Gasteiger partial charge in [0, 0.05) is 26.2 Å². The number of rotatable bonds is 6. The van der Waals surface area contributed by atoms with E-state index in [1.165, 1.54) is 10.6 Å². The maximum atomic E-state index is 12.7. The van der Waals surface area contributed by atoms with E-state index in [4.69, 9.17) is 4.42 Å². The zero-order valence-corrected chi connectivity index (χ0v) is 16.9. The Labute approximate surface area is 169 Å². The van der Waals surface area contributed by atoms with Crippen LogP contribution in [0.5, 0.6) is 0 Å². The van der Waals surface area contributed by atoms with Gasteiger partial charge in [-0.05, 0) is 31.2 Å². The third-order valence-corrected chi connectivity index (χ3v) is 6.53. The molecule has 1 aromatic heterocycles. The summed E-state index contributed by atoms with van der Waals surface area (Å²) in [6.07, 6.45) is 1.50. The summed E-state index contributed by atoms with van der Waals surface area (Å²) >= 11 is 0. The van der Waals surface area contributed by atoms with Crippen LogP contribution in [0.3, 0.4) is 0 Å². The lowest BCUT2D eigenvalue weighted by Gasteiger charge is -2.33. The van der Waals surface area contributed by atoms with Crippen LogP contribution in [0, 0.1) is 6.92 Å². The number of aryl methyl sites for hydroxylation is 1. The van der Waals surface area contributed by atoms with Gasteiger partial charge in [0.1, 0.15) is 5.76 Å². The second kappa shape index (κ2) is 9.21. The average Bonchev–Trinajstić information content (AvgIpc) is 3.21. The largest absolute Gasteiger partial charge is 0.467 e. The van der Waals surface area contributed by atoms with Crippen molar-refractivity contribution in [2.75, 3.05) is 32.7 Å². The normalized spacial score (nSPS) is 15.8. The number of nitrogens with one attached hydrogen (secondary N) is 2. The standard InChI is InChI=1S/C19H24N4O5S/c1-15-4-6-17(7-5-15)29(26,27)23-10-8-22(9-11-23)14-18(24)21-19(25)20-13-16-3-2-12-28-16/h2-7,12H,8-11,13-14H2,1H3,(H2,20,21,24,25). The van der Waals surface area contributed by atoms with Gasteiger partial charge in [-0.15, -0.1) is 0 Å². The first-order valence-corrected chi connectivity index (χ1v) is 10.7. The minimum atomic E-state index is -3.55. The fourth-order valence-corrected chi connectivity index (χ4v) is 4.40. The van der Waals surface area contributed by atoms with E-state index < -0.39 is 22.0 Å². The minimum absolute atomic E-state index is 0.0204. The van der Waals surface area contributed by atoms with Crippen molar-refractivity contribution in [1.82, 2.24) is 19.8 Å². The molecule has 1 fully saturated rings. The smallest absolute Gasteiger partial charge is 0.321 e. The number of hydrogen-bond donors (Lipinski definition) is 2. The van der Waals surface area contributed by atoms with Crippen molar-refractivity contribution in [3.8, 4) is 0 Å². The summed E-state index contributed by atoms with van der Waals surface area (Å²) in [4.78, 5) is 25.9. The Morgan fingerprint density at radius 3 is 2.38 bits per heavy atom. The third-order valence-electron chi connectivity index (χ3n) is 4.61. The predicted molar refractivity (Wildman–Crippen MR) is 105 cm³/mol. The number of hydrogen-bond acceptors (Lipinski definition) is 6. The van der Waals surface area contributed by atoms with Gasteiger partial charge in [-0.2, -0.15) is 4.31 Å². The molecule has 0 spiro atoms. The molecule has 0 aliphatic carbocycles. The van der Waals surface area contributed by atoms with E-state index >= 15 is 0 Å². The van der Waals surface area contributed by atoms with Crippen LogP contribution in [0.15, 0.2) is 52.0 Å². The molecule has 0 bridgehead atoms. The van der Waals surface area contributed by atoms with Gasteiger partial charge in [0.2, 0.25) is 15.9 Å². The first-order valence-electron chi connectivity index (χ1n) is 9.24. The van der Waals surface area contributed by atoms with Crippen LogP contribution in [0.1, 0.15) is 11.3 Å². The van der Waals surface area contributed by atoms with Gasteiger partial charge in [0.15, 0.2) is 0 Å². The maximum absolute atomic E-state index is 12.7. The van der Waals surface area contributed by atoms with Crippen LogP contribution in [0.4, 0.5) is 4.79 Å². The minimum Gasteiger partial charge on any atom is -0.467 e. The fourth-order valence-electron chi connectivity index (χ4n) is 2.98. The van der Waals surface area contributed by atoms with Gasteiger partial charge in [0.05, 0.1) is 24.2 Å². The molecule has 0 saturated carbocycles. The molecule has 0 atom stereocenters. The summed E-state index contributed by atoms with van der Waals surface area (Å²) in [7, 11) is -3.55. The van der Waals surface area contributed by atoms with E-state index in [1.54, 1.807) is 36.4 Å². The molecule has 3 rings (SSSR count). The van der Waals surface area contributed by atoms with Crippen molar-refractivity contribution in [1.29, 1.82) is 0 Å². The van der Waals surface area contributed by atoms with Crippen LogP contribution in [-0.4, -0.2) is 62.3 Å². The van der Waals surface area contributed by atoms with E-state index in [2.05, 4.69) is 10.6 Å². The summed E-state index contributed by atoms with van der Waals surface area (Å²) in [5.74, 6) is 0.135. The van der Waals surface area contributed by atoms with Gasteiger partial charge in [-0.3, -0.25) is 15.0 Å². The second-order valence-corrected chi connectivity index (χ2v) is 8.74. The summed E-state index contributed by atoms with van der Waals surface area (Å²) in [5.41, 5.74) is 0.993. The van der Waals surface area contributed by atoms with E-state index in [0.717, 1.165) is 5.56 Å². The lowest BCUT2D eigenvalue weighted by Crippen LogP contribution is -2.52. The highest BCUT2D eigenvalue weighted by Crippen LogP contribution is 2.18. The summed E-state index contributed by atoms with van der Waals surface area (Å²) in [6, 6.07) is 9.56. The molecule has 1 aliphatic rings. The summed E-state index contributed by atoms with van der Waals surface area (Å²) in [5, 5.41) is 4.79. The molecule has 29 heavy (non-hydrogen) atoms. The van der Waals surface area contributed by atoms with Gasteiger partial charge in [0.25, 0.3) is 0 Å². The molecule has 1 aliphatic heterocycles. The third kappa shape index (κ3) is 5.66. The number of benzene rings is 1. The Morgan fingerprint density at radius 1 is 1.07 bits per heavy atom. The molecule has 2 N–H and O–H groups in total. The Hall–Kier alpha value is -2.69. The van der Waals surface area contributed by atoms with E-state index in [9.17, 15) is 18.0 Å². The number of urea groups is 1. The van der Waals surface area contributed by atoms with Gasteiger partial charge in [-0.25, -0.2) is 13.2 Å². The van der Waals surface area contributed by atoms with Crippen molar-refractivity contribution < 1.29 is 22.4 Å². The lowest BCUT2D eigenvalue weighted by molar-refractivity contribution is -0.121. The number of imide groups is 1. The number of furan rings is 1. The monoisotopic (exact) mass is 420 g/mol. The van der Waals surface area contributed by atoms with Crippen LogP contribution in [0.2, 0.25) is 0 Å². The molecule has 10 heteroatoms. The highest BCUT2D eigenvalue weighted by Gasteiger charge is 2.29. The second-order valence-electron chi connectivity index (χ2n) is 6.80. The lowest BCUT2D eigenvalue weighted by atomic mass is 10.2. The molecule has 2 aromatic rings. The number of carbonyl (C=O) groups excluding carboxylic acids is 2. The van der Waals surface area contributed by atoms with Gasteiger partial charge in [-0.1, -0.05) is 17.7 Å². The van der Waals surface area contributed by atoms with Crippen molar-refractivity contribution in [3.05, 3.63) is 54.0 Å². The molecule has 0 radical (unpaired) electrons. The Bertz CT molecular complexity index is 933. The predicted octanol–water partition coefficient (Wildman–Crippen LogP) is 0.920. The summed E-state index contributed by atoms with van der Waals surface area (Å²) in [6.45, 7) is 3.49. The Kier molecular flexibility index (Phi) is 6.68. The van der Waals surface area contributed by atoms with Crippen molar-refractivity contribution >= 4 is 22.0 Å². The van der Waals surface area contributed by atoms with Crippen molar-refractivity contribution in [3.63, 3.8) is 0 Å². The topological polar surface area (TPSA) is 112 Å². The van der Waals surface area contributed by atoms with E-state index in [0.29, 0.717) is 18.8 Å². The SMILES string of the molecule is Cc1ccc(S(=O)(=O)N2CCN(CC(=O)NC(=O)NCc3ccco3)CC2)cc1. The number of piperazine rings is 1. The molecule has 0 unspecified atom stereocenters. The molecule has 9 nitrogen and oxygen atoms in total. The highest BCUT2D eigenvalue weighted by atomic mass is 32.2. The molecule has 3 amide bonds. The zero-order valence-electron chi connectivity index (χ0n) is 16.1. The Morgan fingerprint density at radius 2 is 1.76 bits per heavy atom. The van der Waals surface area contributed by atoms with E-state index in [1.807, 2.05) is 11.8 Å². The van der Waals surface area contributed by atoms with Gasteiger partial charge < -0.3 is 9.73 Å². The van der Waals surface area contributed by atoms with Crippen LogP contribution in [0.25, 0.3) is 0 Å². The summed E-state index contributed by atoms with van der Waals surface area (Å²) < 4.78 is 31.9. The Balaban J connectivity index is 1.43. The number of amides is 3. The molecule has 156 valence electrons. The molecule has 1 saturated heterocycles. The van der Waals surface area contributed by atoms with Gasteiger partial charge >= 0.3 is 6.03 Å². The van der Waals surface area contributed by atoms with Crippen LogP contribution >= 0.6 is 0 Å². The quantitative estimate of drug-likeness (QED) is 0.719. The number of carbonyl (C=O) groups is 2. The zero-order chi connectivity index (χ0) is 20.9. The first-order chi connectivity index (χ1) is 13.8. The fraction of sp³-hybridized carbons (Fsp3) is 0.368. The maximum Gasteiger partial charge on any atom is 0.321 e.